The van der Waals surface area contributed by atoms with Crippen LogP contribution in [0.15, 0.2) is 30.3 Å². The van der Waals surface area contributed by atoms with Crippen molar-refractivity contribution in [1.82, 2.24) is 9.80 Å². The second-order valence-electron chi connectivity index (χ2n) is 6.98. The summed E-state index contributed by atoms with van der Waals surface area (Å²) < 4.78 is 5.63. The summed E-state index contributed by atoms with van der Waals surface area (Å²) in [6.07, 6.45) is 0. The molecule has 5 nitrogen and oxygen atoms in total. The number of ether oxygens (including phenoxy) is 1. The first-order valence-electron chi connectivity index (χ1n) is 9.03. The molecule has 0 radical (unpaired) electrons. The molecule has 0 saturated carbocycles. The normalized spacial score (nSPS) is 12.8. The first kappa shape index (κ1) is 21.2. The monoisotopic (exact) mass is 348 g/mol. The van der Waals surface area contributed by atoms with Crippen LogP contribution in [0, 0.1) is 0 Å². The maximum atomic E-state index is 12.9. The fraction of sp³-hybridized carbons (Fsp3) is 0.600. The highest BCUT2D eigenvalue weighted by molar-refractivity contribution is 5.81. The van der Waals surface area contributed by atoms with E-state index in [0.717, 1.165) is 5.56 Å². The molecule has 1 atom stereocenters. The number of carbonyl (C=O) groups excluding carboxylic acids is 2. The Bertz CT molecular complexity index is 548. The maximum absolute atomic E-state index is 12.9. The van der Waals surface area contributed by atoms with Gasteiger partial charge in [-0.25, -0.2) is 4.79 Å². The number of hydrogen-bond donors (Lipinski definition) is 0. The Morgan fingerprint density at radius 1 is 1.00 bits per heavy atom. The van der Waals surface area contributed by atoms with E-state index in [1.54, 1.807) is 4.90 Å². The van der Waals surface area contributed by atoms with E-state index in [2.05, 4.69) is 0 Å². The van der Waals surface area contributed by atoms with Crippen molar-refractivity contribution in [3.05, 3.63) is 35.9 Å². The van der Waals surface area contributed by atoms with Gasteiger partial charge in [0.25, 0.3) is 0 Å². The molecule has 0 fully saturated rings. The molecule has 0 aliphatic rings. The molecular weight excluding hydrogens is 316 g/mol. The lowest BCUT2D eigenvalue weighted by Crippen LogP contribution is -2.45. The van der Waals surface area contributed by atoms with E-state index in [4.69, 9.17) is 4.74 Å². The summed E-state index contributed by atoms with van der Waals surface area (Å²) in [4.78, 5) is 29.1. The molecule has 5 heteroatoms. The third kappa shape index (κ3) is 6.50. The molecule has 140 valence electrons. The van der Waals surface area contributed by atoms with Crippen LogP contribution < -0.4 is 0 Å². The molecule has 0 spiro atoms. The van der Waals surface area contributed by atoms with Gasteiger partial charge in [-0.15, -0.1) is 0 Å². The Kier molecular flexibility index (Phi) is 8.10. The molecule has 1 amide bonds. The maximum Gasteiger partial charge on any atom is 0.328 e. The zero-order valence-corrected chi connectivity index (χ0v) is 16.4. The Hall–Kier alpha value is -1.88. The molecule has 1 rings (SSSR count). The van der Waals surface area contributed by atoms with Crippen molar-refractivity contribution >= 4 is 11.9 Å². The lowest BCUT2D eigenvalue weighted by atomic mass is 10.0. The van der Waals surface area contributed by atoms with E-state index < -0.39 is 11.6 Å². The van der Waals surface area contributed by atoms with Gasteiger partial charge in [-0.1, -0.05) is 37.3 Å². The van der Waals surface area contributed by atoms with Crippen LogP contribution in [-0.4, -0.2) is 53.5 Å². The van der Waals surface area contributed by atoms with Gasteiger partial charge in [-0.2, -0.15) is 0 Å². The second kappa shape index (κ2) is 9.56. The smallest absolute Gasteiger partial charge is 0.328 e. The SMILES string of the molecule is CCN(CC)C(=O)CN(CC)C(C(=O)OC(C)(C)C)c1ccccc1. The van der Waals surface area contributed by atoms with Gasteiger partial charge in [0.1, 0.15) is 11.6 Å². The van der Waals surface area contributed by atoms with Gasteiger partial charge < -0.3 is 9.64 Å². The Labute approximate surface area is 151 Å². The van der Waals surface area contributed by atoms with Gasteiger partial charge in [0.2, 0.25) is 5.91 Å². The van der Waals surface area contributed by atoms with Crippen molar-refractivity contribution in [3.63, 3.8) is 0 Å². The van der Waals surface area contributed by atoms with Crippen LogP contribution in [0.5, 0.6) is 0 Å². The summed E-state index contributed by atoms with van der Waals surface area (Å²) in [5, 5.41) is 0. The summed E-state index contributed by atoms with van der Waals surface area (Å²) >= 11 is 0. The first-order valence-corrected chi connectivity index (χ1v) is 9.03. The van der Waals surface area contributed by atoms with Crippen LogP contribution in [-0.2, 0) is 14.3 Å². The molecule has 0 aliphatic carbocycles. The van der Waals surface area contributed by atoms with Crippen molar-refractivity contribution in [1.29, 1.82) is 0 Å². The fourth-order valence-electron chi connectivity index (χ4n) is 2.72. The average Bonchev–Trinajstić information content (AvgIpc) is 2.54. The standard InChI is InChI=1S/C20H32N2O3/c1-7-21(8-2)17(23)15-22(9-3)18(16-13-11-10-12-14-16)19(24)25-20(4,5)6/h10-14,18H,7-9,15H2,1-6H3. The van der Waals surface area contributed by atoms with Gasteiger partial charge in [0.15, 0.2) is 0 Å². The molecule has 0 aromatic heterocycles. The molecule has 1 aromatic carbocycles. The van der Waals surface area contributed by atoms with Gasteiger partial charge in [0.05, 0.1) is 6.54 Å². The fourth-order valence-corrected chi connectivity index (χ4v) is 2.72. The van der Waals surface area contributed by atoms with Crippen LogP contribution in [0.3, 0.4) is 0 Å². The van der Waals surface area contributed by atoms with E-state index in [-0.39, 0.29) is 18.4 Å². The predicted octanol–water partition coefficient (Wildman–Crippen LogP) is 3.26. The topological polar surface area (TPSA) is 49.9 Å². The minimum absolute atomic E-state index is 0.0244. The highest BCUT2D eigenvalue weighted by atomic mass is 16.6. The lowest BCUT2D eigenvalue weighted by Gasteiger charge is -2.33. The number of amides is 1. The summed E-state index contributed by atoms with van der Waals surface area (Å²) in [6.45, 7) is 13.5. The number of rotatable bonds is 8. The van der Waals surface area contributed by atoms with Crippen LogP contribution in [0.1, 0.15) is 53.1 Å². The Morgan fingerprint density at radius 3 is 2.00 bits per heavy atom. The number of likely N-dealkylation sites (N-methyl/N-ethyl adjacent to an activating group) is 2. The van der Waals surface area contributed by atoms with Crippen LogP contribution in [0.2, 0.25) is 0 Å². The molecule has 25 heavy (non-hydrogen) atoms. The van der Waals surface area contributed by atoms with E-state index in [9.17, 15) is 9.59 Å². The highest BCUT2D eigenvalue weighted by Gasteiger charge is 2.32. The third-order valence-corrected chi connectivity index (χ3v) is 3.97. The lowest BCUT2D eigenvalue weighted by molar-refractivity contribution is -0.162. The van der Waals surface area contributed by atoms with E-state index in [0.29, 0.717) is 19.6 Å². The molecular formula is C20H32N2O3. The van der Waals surface area contributed by atoms with Crippen molar-refractivity contribution in [2.45, 2.75) is 53.2 Å². The number of benzene rings is 1. The molecule has 1 unspecified atom stereocenters. The largest absolute Gasteiger partial charge is 0.459 e. The Morgan fingerprint density at radius 2 is 1.56 bits per heavy atom. The average molecular weight is 348 g/mol. The van der Waals surface area contributed by atoms with Crippen LogP contribution in [0.25, 0.3) is 0 Å². The summed E-state index contributed by atoms with van der Waals surface area (Å²) in [6, 6.07) is 8.91. The molecule has 0 bridgehead atoms. The van der Waals surface area contributed by atoms with Crippen LogP contribution >= 0.6 is 0 Å². The minimum atomic E-state index is -0.593. The minimum Gasteiger partial charge on any atom is -0.459 e. The van der Waals surface area contributed by atoms with E-state index in [1.807, 2.05) is 76.8 Å². The first-order chi connectivity index (χ1) is 11.7. The quantitative estimate of drug-likeness (QED) is 0.677. The summed E-state index contributed by atoms with van der Waals surface area (Å²) in [5.41, 5.74) is 0.262. The second-order valence-corrected chi connectivity index (χ2v) is 6.98. The summed E-state index contributed by atoms with van der Waals surface area (Å²) in [7, 11) is 0. The highest BCUT2D eigenvalue weighted by Crippen LogP contribution is 2.24. The number of hydrogen-bond acceptors (Lipinski definition) is 4. The van der Waals surface area contributed by atoms with Crippen molar-refractivity contribution in [2.75, 3.05) is 26.2 Å². The van der Waals surface area contributed by atoms with E-state index >= 15 is 0 Å². The number of nitrogens with zero attached hydrogens (tertiary/aromatic N) is 2. The third-order valence-electron chi connectivity index (χ3n) is 3.97. The van der Waals surface area contributed by atoms with E-state index in [1.165, 1.54) is 0 Å². The number of carbonyl (C=O) groups is 2. The van der Waals surface area contributed by atoms with Gasteiger partial charge in [-0.3, -0.25) is 9.69 Å². The summed E-state index contributed by atoms with van der Waals surface area (Å²) in [5.74, 6) is -0.302. The van der Waals surface area contributed by atoms with Crippen molar-refractivity contribution < 1.29 is 14.3 Å². The van der Waals surface area contributed by atoms with Crippen molar-refractivity contribution in [3.8, 4) is 0 Å². The van der Waals surface area contributed by atoms with Gasteiger partial charge >= 0.3 is 5.97 Å². The number of esters is 1. The van der Waals surface area contributed by atoms with Crippen molar-refractivity contribution in [2.24, 2.45) is 0 Å². The Balaban J connectivity index is 3.11. The molecule has 0 saturated heterocycles. The molecule has 1 aromatic rings. The van der Waals surface area contributed by atoms with Crippen LogP contribution in [0.4, 0.5) is 0 Å². The van der Waals surface area contributed by atoms with Gasteiger partial charge in [-0.05, 0) is 46.7 Å². The van der Waals surface area contributed by atoms with Gasteiger partial charge in [0, 0.05) is 13.1 Å². The zero-order valence-electron chi connectivity index (χ0n) is 16.4. The molecule has 0 N–H and O–H groups in total. The molecule has 0 aliphatic heterocycles. The zero-order chi connectivity index (χ0) is 19.0. The predicted molar refractivity (Wildman–Crippen MR) is 100 cm³/mol. The molecule has 0 heterocycles.